The molecule has 1 aliphatic rings. The lowest BCUT2D eigenvalue weighted by molar-refractivity contribution is 0.104. The van der Waals surface area contributed by atoms with Gasteiger partial charge in [0, 0.05) is 51.7 Å². The van der Waals surface area contributed by atoms with Gasteiger partial charge < -0.3 is 4.42 Å². The fraction of sp³-hybridized carbons (Fsp3) is 0. The molecule has 1 aromatic carbocycles. The lowest BCUT2D eigenvalue weighted by Crippen LogP contribution is -1.95. The molecule has 0 amide bonds. The summed E-state index contributed by atoms with van der Waals surface area (Å²) in [6, 6.07) is 18.5. The number of nitrogens with zero attached hydrogens (tertiary/aromatic N) is 3. The number of rotatable bonds is 2. The highest BCUT2D eigenvalue weighted by Crippen LogP contribution is 2.41. The molecule has 3 aromatic heterocycles. The zero-order chi connectivity index (χ0) is 20.7. The molecule has 0 aliphatic heterocycles. The largest absolute Gasteiger partial charge is 0.456 e. The van der Waals surface area contributed by atoms with Crippen molar-refractivity contribution in [2.24, 2.45) is 0 Å². The number of carbonyl (C=O) groups excluding carboxylic acids is 1. The summed E-state index contributed by atoms with van der Waals surface area (Å²) in [5, 5.41) is 18.8. The molecule has 5 rings (SSSR count). The Bertz CT molecular complexity index is 1430. The Morgan fingerprint density at radius 3 is 2.57 bits per heavy atom. The molecule has 3 heterocycles. The first-order chi connectivity index (χ1) is 14.7. The van der Waals surface area contributed by atoms with E-state index in [1.165, 1.54) is 0 Å². The molecule has 5 nitrogen and oxygen atoms in total. The fourth-order valence-corrected chi connectivity index (χ4v) is 4.58. The van der Waals surface area contributed by atoms with Crippen molar-refractivity contribution in [3.05, 3.63) is 89.0 Å². The van der Waals surface area contributed by atoms with Crippen LogP contribution in [0.3, 0.4) is 0 Å². The van der Waals surface area contributed by atoms with Crippen LogP contribution >= 0.6 is 11.3 Å². The maximum Gasteiger partial charge on any atom is 0.194 e. The molecule has 0 atom stereocenters. The summed E-state index contributed by atoms with van der Waals surface area (Å²) in [6.07, 6.45) is 5.14. The van der Waals surface area contributed by atoms with Gasteiger partial charge in [0.1, 0.15) is 29.1 Å². The van der Waals surface area contributed by atoms with E-state index in [0.29, 0.717) is 33.6 Å². The van der Waals surface area contributed by atoms with Crippen LogP contribution in [0.5, 0.6) is 0 Å². The van der Waals surface area contributed by atoms with Crippen molar-refractivity contribution in [1.29, 1.82) is 10.5 Å². The second-order valence-corrected chi connectivity index (χ2v) is 7.72. The van der Waals surface area contributed by atoms with Crippen LogP contribution < -0.4 is 0 Å². The molecule has 0 saturated carbocycles. The molecule has 1 aliphatic carbocycles. The van der Waals surface area contributed by atoms with Crippen LogP contribution in [-0.2, 0) is 0 Å². The van der Waals surface area contributed by atoms with E-state index >= 15 is 0 Å². The highest BCUT2D eigenvalue weighted by molar-refractivity contribution is 7.22. The van der Waals surface area contributed by atoms with E-state index in [-0.39, 0.29) is 11.4 Å². The van der Waals surface area contributed by atoms with Gasteiger partial charge in [0.15, 0.2) is 5.78 Å². The number of aromatic nitrogens is 1. The molecule has 0 N–H and O–H groups in total. The van der Waals surface area contributed by atoms with Gasteiger partial charge in [0.25, 0.3) is 0 Å². The Morgan fingerprint density at radius 1 is 1.07 bits per heavy atom. The standard InChI is InChI=1S/C24H11N3O2S/c25-11-15(12-26)23-17-5-1-2-6-18(17)24(28)19(23)8-16-9-22-20(29-16)10-21(30-22)14-4-3-7-27-13-14/h1-10,13H/b19-8-. The lowest BCUT2D eigenvalue weighted by Gasteiger charge is -2.00. The van der Waals surface area contributed by atoms with Gasteiger partial charge in [-0.2, -0.15) is 10.5 Å². The minimum absolute atomic E-state index is 0.0909. The predicted octanol–water partition coefficient (Wildman–Crippen LogP) is 5.64. The Hall–Kier alpha value is -4.26. The number of hydrogen-bond donors (Lipinski definition) is 0. The smallest absolute Gasteiger partial charge is 0.194 e. The number of pyridine rings is 1. The van der Waals surface area contributed by atoms with Crippen LogP contribution in [0.1, 0.15) is 21.7 Å². The number of furan rings is 1. The number of fused-ring (bicyclic) bond motifs is 2. The second kappa shape index (κ2) is 6.97. The van der Waals surface area contributed by atoms with Crippen LogP contribution in [0, 0.1) is 22.7 Å². The van der Waals surface area contributed by atoms with Crippen molar-refractivity contribution in [1.82, 2.24) is 4.98 Å². The van der Waals surface area contributed by atoms with Crippen molar-refractivity contribution in [2.75, 3.05) is 0 Å². The lowest BCUT2D eigenvalue weighted by atomic mass is 9.99. The van der Waals surface area contributed by atoms with E-state index in [0.717, 1.165) is 15.1 Å². The highest BCUT2D eigenvalue weighted by Gasteiger charge is 2.32. The SMILES string of the molecule is N#CC(C#N)=C1/C(=C/c2cc3sc(-c4cccnc4)cc3o2)C(=O)c2ccccc21. The van der Waals surface area contributed by atoms with Crippen molar-refractivity contribution in [3.63, 3.8) is 0 Å². The number of benzene rings is 1. The third-order valence-corrected chi connectivity index (χ3v) is 6.00. The molecule has 0 saturated heterocycles. The normalized spacial score (nSPS) is 14.0. The zero-order valence-electron chi connectivity index (χ0n) is 15.4. The van der Waals surface area contributed by atoms with Crippen LogP contribution in [-0.4, -0.2) is 10.8 Å². The number of nitriles is 2. The van der Waals surface area contributed by atoms with Gasteiger partial charge in [-0.1, -0.05) is 30.3 Å². The van der Waals surface area contributed by atoms with E-state index in [1.54, 1.807) is 54.1 Å². The quantitative estimate of drug-likeness (QED) is 0.318. The predicted molar refractivity (Wildman–Crippen MR) is 114 cm³/mol. The summed E-state index contributed by atoms with van der Waals surface area (Å²) >= 11 is 1.57. The average Bonchev–Trinajstić information content (AvgIpc) is 3.42. The molecular weight excluding hydrogens is 394 g/mol. The van der Waals surface area contributed by atoms with Crippen molar-refractivity contribution in [3.8, 4) is 22.6 Å². The molecule has 0 spiro atoms. The van der Waals surface area contributed by atoms with E-state index in [4.69, 9.17) is 4.42 Å². The van der Waals surface area contributed by atoms with Gasteiger partial charge in [-0.25, -0.2) is 0 Å². The first-order valence-corrected chi connectivity index (χ1v) is 9.85. The van der Waals surface area contributed by atoms with E-state index in [2.05, 4.69) is 4.98 Å². The van der Waals surface area contributed by atoms with Crippen LogP contribution in [0.25, 0.3) is 32.4 Å². The number of thiophene rings is 1. The number of Topliss-reactive ketones (excluding diaryl/α,β-unsaturated/α-hetero) is 1. The maximum absolute atomic E-state index is 13.0. The number of carbonyl (C=O) groups is 1. The van der Waals surface area contributed by atoms with Crippen molar-refractivity contribution < 1.29 is 9.21 Å². The molecule has 30 heavy (non-hydrogen) atoms. The van der Waals surface area contributed by atoms with E-state index in [1.807, 2.05) is 36.4 Å². The van der Waals surface area contributed by atoms with Gasteiger partial charge in [-0.15, -0.1) is 11.3 Å². The van der Waals surface area contributed by atoms with Gasteiger partial charge >= 0.3 is 0 Å². The first kappa shape index (κ1) is 17.8. The van der Waals surface area contributed by atoms with Gasteiger partial charge in [0.05, 0.1) is 4.70 Å². The van der Waals surface area contributed by atoms with Gasteiger partial charge in [-0.05, 0) is 17.7 Å². The Balaban J connectivity index is 1.62. The van der Waals surface area contributed by atoms with Crippen LogP contribution in [0.4, 0.5) is 0 Å². The molecule has 4 aromatic rings. The van der Waals surface area contributed by atoms with Crippen molar-refractivity contribution in [2.45, 2.75) is 0 Å². The number of ketones is 1. The molecular formula is C24H11N3O2S. The van der Waals surface area contributed by atoms with Gasteiger partial charge in [0.2, 0.25) is 0 Å². The van der Waals surface area contributed by atoms with Crippen LogP contribution in [0.2, 0.25) is 0 Å². The molecule has 0 fully saturated rings. The summed E-state index contributed by atoms with van der Waals surface area (Å²) in [5.41, 5.74) is 3.35. The molecule has 6 heteroatoms. The number of allylic oxidation sites excluding steroid dienone is 3. The average molecular weight is 405 g/mol. The highest BCUT2D eigenvalue weighted by atomic mass is 32.1. The van der Waals surface area contributed by atoms with Gasteiger partial charge in [-0.3, -0.25) is 9.78 Å². The Kier molecular flexibility index (Phi) is 4.14. The summed E-state index contributed by atoms with van der Waals surface area (Å²) in [7, 11) is 0. The first-order valence-electron chi connectivity index (χ1n) is 9.04. The summed E-state index contributed by atoms with van der Waals surface area (Å²) in [6.45, 7) is 0. The third kappa shape index (κ3) is 2.76. The zero-order valence-corrected chi connectivity index (χ0v) is 16.2. The summed E-state index contributed by atoms with van der Waals surface area (Å²) in [5.74, 6) is 0.275. The summed E-state index contributed by atoms with van der Waals surface area (Å²) in [4.78, 5) is 18.2. The van der Waals surface area contributed by atoms with E-state index < -0.39 is 0 Å². The van der Waals surface area contributed by atoms with E-state index in [9.17, 15) is 15.3 Å². The topological polar surface area (TPSA) is 90.7 Å². The second-order valence-electron chi connectivity index (χ2n) is 6.64. The molecule has 140 valence electrons. The van der Waals surface area contributed by atoms with Crippen LogP contribution in [0.15, 0.2) is 76.5 Å². The molecule has 0 radical (unpaired) electrons. The number of hydrogen-bond acceptors (Lipinski definition) is 6. The Labute approximate surface area is 175 Å². The Morgan fingerprint density at radius 2 is 1.87 bits per heavy atom. The molecule has 0 unspecified atom stereocenters. The minimum Gasteiger partial charge on any atom is -0.456 e. The summed E-state index contributed by atoms with van der Waals surface area (Å²) < 4.78 is 6.89. The third-order valence-electron chi connectivity index (χ3n) is 4.89. The van der Waals surface area contributed by atoms with Crippen molar-refractivity contribution >= 4 is 39.1 Å². The fourth-order valence-electron chi connectivity index (χ4n) is 3.57. The molecule has 0 bridgehead atoms. The minimum atomic E-state index is -0.223. The maximum atomic E-state index is 13.0. The monoisotopic (exact) mass is 405 g/mol.